The third-order valence-corrected chi connectivity index (χ3v) is 4.26. The Kier molecular flexibility index (Phi) is 8.61. The van der Waals surface area contributed by atoms with Gasteiger partial charge >= 0.3 is 6.09 Å². The Morgan fingerprint density at radius 1 is 0.839 bits per heavy atom. The second-order valence-electron chi connectivity index (χ2n) is 8.31. The molecule has 0 aromatic heterocycles. The number of benzene rings is 2. The molecular weight excluding hydrogens is 394 g/mol. The molecule has 0 fully saturated rings. The first kappa shape index (κ1) is 23.9. The zero-order chi connectivity index (χ0) is 22.9. The van der Waals surface area contributed by atoms with Gasteiger partial charge in [0.15, 0.2) is 0 Å². The molecule has 2 aromatic carbocycles. The normalized spacial score (nSPS) is 10.8. The van der Waals surface area contributed by atoms with E-state index in [1.807, 2.05) is 31.2 Å². The van der Waals surface area contributed by atoms with Gasteiger partial charge in [-0.2, -0.15) is 0 Å². The van der Waals surface area contributed by atoms with Gasteiger partial charge in [-0.05, 0) is 51.8 Å². The molecule has 0 radical (unpaired) electrons. The van der Waals surface area contributed by atoms with E-state index in [2.05, 4.69) is 16.0 Å². The largest absolute Gasteiger partial charge is 0.444 e. The molecule has 166 valence electrons. The average Bonchev–Trinajstić information content (AvgIpc) is 2.67. The highest BCUT2D eigenvalue weighted by molar-refractivity contribution is 5.99. The van der Waals surface area contributed by atoms with E-state index in [1.54, 1.807) is 45.0 Å². The third kappa shape index (κ3) is 9.33. The molecule has 0 aliphatic heterocycles. The van der Waals surface area contributed by atoms with Gasteiger partial charge in [0.25, 0.3) is 0 Å². The maximum atomic E-state index is 12.4. The molecule has 3 N–H and O–H groups in total. The first-order chi connectivity index (χ1) is 14.6. The summed E-state index contributed by atoms with van der Waals surface area (Å²) in [6.45, 7) is 7.48. The monoisotopic (exact) mass is 425 g/mol. The number of ether oxygens (including phenoxy) is 1. The molecule has 0 atom stereocenters. The molecule has 2 aromatic rings. The molecule has 0 aliphatic rings. The number of alkyl carbamates (subject to hydrolysis) is 1. The van der Waals surface area contributed by atoms with E-state index in [9.17, 15) is 14.4 Å². The van der Waals surface area contributed by atoms with Crippen molar-refractivity contribution in [2.75, 3.05) is 17.2 Å². The molecule has 2 rings (SSSR count). The molecule has 7 heteroatoms. The van der Waals surface area contributed by atoms with Crippen LogP contribution in [-0.2, 0) is 20.7 Å². The Labute approximate surface area is 183 Å². The van der Waals surface area contributed by atoms with Crippen LogP contribution in [0.3, 0.4) is 0 Å². The van der Waals surface area contributed by atoms with Gasteiger partial charge in [0.2, 0.25) is 11.8 Å². The fraction of sp³-hybridized carbons (Fsp3) is 0.375. The Balaban J connectivity index is 1.82. The van der Waals surface area contributed by atoms with E-state index < -0.39 is 11.7 Å². The van der Waals surface area contributed by atoms with Crippen LogP contribution in [0.4, 0.5) is 16.2 Å². The van der Waals surface area contributed by atoms with Crippen molar-refractivity contribution in [3.63, 3.8) is 0 Å². The number of rotatable bonds is 8. The summed E-state index contributed by atoms with van der Waals surface area (Å²) in [5, 5.41) is 8.17. The van der Waals surface area contributed by atoms with Gasteiger partial charge in [-0.25, -0.2) is 4.79 Å². The molecule has 0 saturated heterocycles. The predicted octanol–water partition coefficient (Wildman–Crippen LogP) is 4.42. The van der Waals surface area contributed by atoms with Gasteiger partial charge < -0.3 is 20.7 Å². The number of amides is 3. The van der Waals surface area contributed by atoms with Crippen LogP contribution < -0.4 is 16.0 Å². The van der Waals surface area contributed by atoms with Crippen LogP contribution in [0.25, 0.3) is 0 Å². The van der Waals surface area contributed by atoms with Crippen LogP contribution in [0.1, 0.15) is 44.7 Å². The fourth-order valence-electron chi connectivity index (χ4n) is 2.73. The Bertz CT molecular complexity index is 902. The Morgan fingerprint density at radius 2 is 1.39 bits per heavy atom. The number of nitrogens with one attached hydrogen (secondary N) is 3. The summed E-state index contributed by atoms with van der Waals surface area (Å²) in [7, 11) is 0. The highest BCUT2D eigenvalue weighted by atomic mass is 16.6. The van der Waals surface area contributed by atoms with Gasteiger partial charge in [-0.1, -0.05) is 42.0 Å². The average molecular weight is 426 g/mol. The minimum Gasteiger partial charge on any atom is -0.444 e. The zero-order valence-electron chi connectivity index (χ0n) is 18.6. The van der Waals surface area contributed by atoms with Gasteiger partial charge in [-0.3, -0.25) is 9.59 Å². The predicted molar refractivity (Wildman–Crippen MR) is 122 cm³/mol. The SMILES string of the molecule is Cc1ccc(CCC(=O)Nc2ccccc2NC(=O)CCNC(=O)OC(C)(C)C)cc1. The molecule has 0 unspecified atom stereocenters. The third-order valence-electron chi connectivity index (χ3n) is 4.26. The lowest BCUT2D eigenvalue weighted by Crippen LogP contribution is -2.34. The minimum absolute atomic E-state index is 0.0783. The second-order valence-corrected chi connectivity index (χ2v) is 8.31. The number of carbonyl (C=O) groups is 3. The van der Waals surface area contributed by atoms with Crippen molar-refractivity contribution in [3.05, 3.63) is 59.7 Å². The van der Waals surface area contributed by atoms with Crippen molar-refractivity contribution in [3.8, 4) is 0 Å². The van der Waals surface area contributed by atoms with Crippen molar-refractivity contribution in [1.82, 2.24) is 5.32 Å². The summed E-state index contributed by atoms with van der Waals surface area (Å²) >= 11 is 0. The lowest BCUT2D eigenvalue weighted by Gasteiger charge is -2.19. The summed E-state index contributed by atoms with van der Waals surface area (Å²) < 4.78 is 5.13. The standard InChI is InChI=1S/C24H31N3O4/c1-17-9-11-18(12-10-17)13-14-21(28)26-19-7-5-6-8-20(19)27-22(29)15-16-25-23(30)31-24(2,3)4/h5-12H,13-16H2,1-4H3,(H,25,30)(H,26,28)(H,27,29). The summed E-state index contributed by atoms with van der Waals surface area (Å²) in [6, 6.07) is 15.1. The summed E-state index contributed by atoms with van der Waals surface area (Å²) in [5.41, 5.74) is 2.72. The molecule has 0 spiro atoms. The number of anilines is 2. The summed E-state index contributed by atoms with van der Waals surface area (Å²) in [6.07, 6.45) is 0.485. The van der Waals surface area contributed by atoms with Crippen molar-refractivity contribution in [2.45, 2.75) is 52.6 Å². The number of hydrogen-bond donors (Lipinski definition) is 3. The first-order valence-corrected chi connectivity index (χ1v) is 10.3. The Morgan fingerprint density at radius 3 is 1.94 bits per heavy atom. The highest BCUT2D eigenvalue weighted by Crippen LogP contribution is 2.21. The van der Waals surface area contributed by atoms with E-state index in [1.165, 1.54) is 5.56 Å². The van der Waals surface area contributed by atoms with Gasteiger partial charge in [0, 0.05) is 19.4 Å². The molecule has 3 amide bonds. The second kappa shape index (κ2) is 11.2. The summed E-state index contributed by atoms with van der Waals surface area (Å²) in [4.78, 5) is 36.2. The van der Waals surface area contributed by atoms with Gasteiger partial charge in [0.05, 0.1) is 11.4 Å². The fourth-order valence-corrected chi connectivity index (χ4v) is 2.73. The van der Waals surface area contributed by atoms with E-state index in [0.29, 0.717) is 24.2 Å². The lowest BCUT2D eigenvalue weighted by atomic mass is 10.1. The van der Waals surface area contributed by atoms with E-state index >= 15 is 0 Å². The summed E-state index contributed by atoms with van der Waals surface area (Å²) in [5.74, 6) is -0.411. The molecule has 0 saturated carbocycles. The van der Waals surface area contributed by atoms with Crippen LogP contribution in [0.5, 0.6) is 0 Å². The smallest absolute Gasteiger partial charge is 0.407 e. The maximum Gasteiger partial charge on any atom is 0.407 e. The van der Waals surface area contributed by atoms with Crippen LogP contribution in [0, 0.1) is 6.92 Å². The van der Waals surface area contributed by atoms with E-state index in [0.717, 1.165) is 5.56 Å². The number of aryl methyl sites for hydroxylation is 2. The number of para-hydroxylation sites is 2. The number of carbonyl (C=O) groups excluding carboxylic acids is 3. The molecule has 31 heavy (non-hydrogen) atoms. The maximum absolute atomic E-state index is 12.4. The van der Waals surface area contributed by atoms with Crippen molar-refractivity contribution in [2.24, 2.45) is 0 Å². The zero-order valence-corrected chi connectivity index (χ0v) is 18.6. The van der Waals surface area contributed by atoms with Crippen LogP contribution in [-0.4, -0.2) is 30.1 Å². The molecule has 0 heterocycles. The molecule has 0 aliphatic carbocycles. The highest BCUT2D eigenvalue weighted by Gasteiger charge is 2.16. The van der Waals surface area contributed by atoms with E-state index in [4.69, 9.17) is 4.74 Å². The minimum atomic E-state index is -0.594. The molecule has 0 bridgehead atoms. The lowest BCUT2D eigenvalue weighted by molar-refractivity contribution is -0.117. The van der Waals surface area contributed by atoms with Crippen LogP contribution >= 0.6 is 0 Å². The van der Waals surface area contributed by atoms with E-state index in [-0.39, 0.29) is 24.8 Å². The van der Waals surface area contributed by atoms with Crippen LogP contribution in [0.15, 0.2) is 48.5 Å². The number of hydrogen-bond acceptors (Lipinski definition) is 4. The van der Waals surface area contributed by atoms with Gasteiger partial charge in [-0.15, -0.1) is 0 Å². The van der Waals surface area contributed by atoms with Gasteiger partial charge in [0.1, 0.15) is 5.60 Å². The molecular formula is C24H31N3O4. The molecule has 7 nitrogen and oxygen atoms in total. The van der Waals surface area contributed by atoms with Crippen molar-refractivity contribution < 1.29 is 19.1 Å². The van der Waals surface area contributed by atoms with Crippen LogP contribution in [0.2, 0.25) is 0 Å². The van der Waals surface area contributed by atoms with Crippen molar-refractivity contribution >= 4 is 29.3 Å². The Hall–Kier alpha value is -3.35. The van der Waals surface area contributed by atoms with Crippen molar-refractivity contribution in [1.29, 1.82) is 0 Å². The first-order valence-electron chi connectivity index (χ1n) is 10.3. The topological polar surface area (TPSA) is 96.5 Å². The quantitative estimate of drug-likeness (QED) is 0.583.